The molecule has 2 rings (SSSR count). The third-order valence-corrected chi connectivity index (χ3v) is 4.05. The van der Waals surface area contributed by atoms with Crippen molar-refractivity contribution >= 4 is 17.3 Å². The van der Waals surface area contributed by atoms with Crippen molar-refractivity contribution in [3.63, 3.8) is 0 Å². The molecule has 0 saturated carbocycles. The van der Waals surface area contributed by atoms with Gasteiger partial charge in [0.25, 0.3) is 5.56 Å². The Morgan fingerprint density at radius 1 is 1.47 bits per heavy atom. The smallest absolute Gasteiger partial charge is 0.287 e. The van der Waals surface area contributed by atoms with E-state index >= 15 is 0 Å². The minimum Gasteiger partial charge on any atom is -0.369 e. The zero-order valence-electron chi connectivity index (χ0n) is 11.5. The summed E-state index contributed by atoms with van der Waals surface area (Å²) >= 11 is 6.12. The fourth-order valence-corrected chi connectivity index (χ4v) is 2.74. The molecule has 1 aliphatic heterocycles. The van der Waals surface area contributed by atoms with Gasteiger partial charge in [0.05, 0.1) is 11.9 Å². The number of nitrogens with one attached hydrogen (secondary N) is 1. The average Bonchev–Trinajstić information content (AvgIpc) is 2.44. The van der Waals surface area contributed by atoms with E-state index in [1.165, 1.54) is 4.68 Å². The number of hydrogen-bond donors (Lipinski definition) is 1. The van der Waals surface area contributed by atoms with Crippen molar-refractivity contribution < 1.29 is 0 Å². The fourth-order valence-electron chi connectivity index (χ4n) is 2.45. The topological polar surface area (TPSA) is 50.2 Å². The molecule has 1 saturated heterocycles. The molecule has 0 aliphatic carbocycles. The first kappa shape index (κ1) is 14.3. The van der Waals surface area contributed by atoms with Crippen LogP contribution in [0.1, 0.15) is 19.8 Å². The summed E-state index contributed by atoms with van der Waals surface area (Å²) in [6, 6.07) is 0. The molecule has 1 fully saturated rings. The second kappa shape index (κ2) is 6.39. The first-order valence-corrected chi connectivity index (χ1v) is 7.18. The largest absolute Gasteiger partial charge is 0.369 e. The SMILES string of the molecule is CCNCC1CCN(c2cnn(C)c(=O)c2Cl)CC1. The van der Waals surface area contributed by atoms with Crippen molar-refractivity contribution in [2.75, 3.05) is 31.1 Å². The average molecular weight is 285 g/mol. The summed E-state index contributed by atoms with van der Waals surface area (Å²) in [6.45, 7) is 6.09. The number of piperidine rings is 1. The molecule has 1 aromatic heterocycles. The summed E-state index contributed by atoms with van der Waals surface area (Å²) in [4.78, 5) is 13.9. The molecule has 0 radical (unpaired) electrons. The molecular weight excluding hydrogens is 264 g/mol. The van der Waals surface area contributed by atoms with Crippen LogP contribution in [0.5, 0.6) is 0 Å². The highest BCUT2D eigenvalue weighted by molar-refractivity contribution is 6.33. The minimum atomic E-state index is -0.228. The highest BCUT2D eigenvalue weighted by atomic mass is 35.5. The van der Waals surface area contributed by atoms with Gasteiger partial charge in [0.15, 0.2) is 0 Å². The molecule has 0 aromatic carbocycles. The number of aromatic nitrogens is 2. The summed E-state index contributed by atoms with van der Waals surface area (Å²) in [6.07, 6.45) is 3.94. The Bertz CT molecular complexity index is 480. The molecule has 6 heteroatoms. The second-order valence-electron chi connectivity index (χ2n) is 5.01. The van der Waals surface area contributed by atoms with Crippen LogP contribution in [-0.2, 0) is 7.05 Å². The minimum absolute atomic E-state index is 0.228. The second-order valence-corrected chi connectivity index (χ2v) is 5.39. The van der Waals surface area contributed by atoms with E-state index in [9.17, 15) is 4.79 Å². The zero-order valence-corrected chi connectivity index (χ0v) is 12.3. The predicted molar refractivity (Wildman–Crippen MR) is 78.0 cm³/mol. The first-order valence-electron chi connectivity index (χ1n) is 6.81. The van der Waals surface area contributed by atoms with Crippen molar-refractivity contribution in [2.45, 2.75) is 19.8 Å². The van der Waals surface area contributed by atoms with E-state index in [1.54, 1.807) is 13.2 Å². The number of anilines is 1. The Morgan fingerprint density at radius 3 is 2.79 bits per heavy atom. The maximum atomic E-state index is 11.8. The molecule has 1 N–H and O–H groups in total. The molecule has 106 valence electrons. The number of rotatable bonds is 4. The maximum Gasteiger partial charge on any atom is 0.287 e. The summed E-state index contributed by atoms with van der Waals surface area (Å²) < 4.78 is 1.27. The quantitative estimate of drug-likeness (QED) is 0.904. The third kappa shape index (κ3) is 3.28. The highest BCUT2D eigenvalue weighted by Gasteiger charge is 2.21. The number of aryl methyl sites for hydroxylation is 1. The lowest BCUT2D eigenvalue weighted by atomic mass is 9.96. The van der Waals surface area contributed by atoms with Gasteiger partial charge in [-0.05, 0) is 31.8 Å². The van der Waals surface area contributed by atoms with E-state index in [1.807, 2.05) is 0 Å². The van der Waals surface area contributed by atoms with Crippen LogP contribution in [0.4, 0.5) is 5.69 Å². The summed E-state index contributed by atoms with van der Waals surface area (Å²) in [5, 5.41) is 7.72. The van der Waals surface area contributed by atoms with Gasteiger partial charge < -0.3 is 10.2 Å². The first-order chi connectivity index (χ1) is 9.13. The van der Waals surface area contributed by atoms with Crippen LogP contribution < -0.4 is 15.8 Å². The van der Waals surface area contributed by atoms with Gasteiger partial charge in [-0.1, -0.05) is 18.5 Å². The predicted octanol–water partition coefficient (Wildman–Crippen LogP) is 1.26. The van der Waals surface area contributed by atoms with Gasteiger partial charge in [-0.3, -0.25) is 4.79 Å². The Balaban J connectivity index is 2.02. The van der Waals surface area contributed by atoms with Crippen LogP contribution in [0.3, 0.4) is 0 Å². The summed E-state index contributed by atoms with van der Waals surface area (Å²) in [7, 11) is 1.61. The monoisotopic (exact) mass is 284 g/mol. The van der Waals surface area contributed by atoms with E-state index in [2.05, 4.69) is 22.2 Å². The number of halogens is 1. The molecule has 0 atom stereocenters. The van der Waals surface area contributed by atoms with E-state index in [0.717, 1.165) is 50.6 Å². The van der Waals surface area contributed by atoms with Crippen LogP contribution in [0, 0.1) is 5.92 Å². The Morgan fingerprint density at radius 2 is 2.16 bits per heavy atom. The normalized spacial score (nSPS) is 16.9. The van der Waals surface area contributed by atoms with Gasteiger partial charge in [0.2, 0.25) is 0 Å². The Hall–Kier alpha value is -1.07. The van der Waals surface area contributed by atoms with Gasteiger partial charge in [0, 0.05) is 20.1 Å². The van der Waals surface area contributed by atoms with E-state index < -0.39 is 0 Å². The van der Waals surface area contributed by atoms with Gasteiger partial charge in [0.1, 0.15) is 5.02 Å². The van der Waals surface area contributed by atoms with Gasteiger partial charge in [-0.25, -0.2) is 4.68 Å². The van der Waals surface area contributed by atoms with Crippen LogP contribution in [-0.4, -0.2) is 36.0 Å². The summed E-state index contributed by atoms with van der Waals surface area (Å²) in [5.74, 6) is 0.717. The standard InChI is InChI=1S/C13H21ClN4O/c1-3-15-8-10-4-6-18(7-5-10)11-9-16-17(2)13(19)12(11)14/h9-10,15H,3-8H2,1-2H3. The lowest BCUT2D eigenvalue weighted by molar-refractivity contribution is 0.386. The number of nitrogens with zero attached hydrogens (tertiary/aromatic N) is 3. The molecule has 0 amide bonds. The molecule has 0 spiro atoms. The molecule has 1 aliphatic rings. The molecular formula is C13H21ClN4O. The highest BCUT2D eigenvalue weighted by Crippen LogP contribution is 2.26. The zero-order chi connectivity index (χ0) is 13.8. The third-order valence-electron chi connectivity index (χ3n) is 3.70. The maximum absolute atomic E-state index is 11.8. The number of hydrogen-bond acceptors (Lipinski definition) is 4. The van der Waals surface area contributed by atoms with Crippen molar-refractivity contribution in [1.82, 2.24) is 15.1 Å². The molecule has 5 nitrogen and oxygen atoms in total. The Kier molecular flexibility index (Phi) is 4.82. The summed E-state index contributed by atoms with van der Waals surface area (Å²) in [5.41, 5.74) is 0.542. The van der Waals surface area contributed by atoms with Gasteiger partial charge in [-0.15, -0.1) is 0 Å². The van der Waals surface area contributed by atoms with Gasteiger partial charge >= 0.3 is 0 Å². The molecule has 0 bridgehead atoms. The molecule has 19 heavy (non-hydrogen) atoms. The van der Waals surface area contributed by atoms with Crippen molar-refractivity contribution in [3.8, 4) is 0 Å². The van der Waals surface area contributed by atoms with Crippen molar-refractivity contribution in [1.29, 1.82) is 0 Å². The fraction of sp³-hybridized carbons (Fsp3) is 0.692. The van der Waals surface area contributed by atoms with E-state index in [4.69, 9.17) is 11.6 Å². The Labute approximate surface area is 118 Å². The van der Waals surface area contributed by atoms with Crippen LogP contribution >= 0.6 is 11.6 Å². The molecule has 0 unspecified atom stereocenters. The van der Waals surface area contributed by atoms with Crippen molar-refractivity contribution in [3.05, 3.63) is 21.6 Å². The molecule has 2 heterocycles. The van der Waals surface area contributed by atoms with Crippen molar-refractivity contribution in [2.24, 2.45) is 13.0 Å². The molecule has 1 aromatic rings. The lowest BCUT2D eigenvalue weighted by Crippen LogP contribution is -2.38. The van der Waals surface area contributed by atoms with Gasteiger partial charge in [-0.2, -0.15) is 5.10 Å². The van der Waals surface area contributed by atoms with Crippen LogP contribution in [0.15, 0.2) is 11.0 Å². The lowest BCUT2D eigenvalue weighted by Gasteiger charge is -2.33. The van der Waals surface area contributed by atoms with Crippen LogP contribution in [0.2, 0.25) is 5.02 Å². The van der Waals surface area contributed by atoms with E-state index in [-0.39, 0.29) is 10.6 Å². The van der Waals surface area contributed by atoms with Crippen LogP contribution in [0.25, 0.3) is 0 Å². The van der Waals surface area contributed by atoms with E-state index in [0.29, 0.717) is 0 Å².